The maximum Gasteiger partial charge on any atom is 0.282 e. The number of nitrogens with one attached hydrogen (secondary N) is 2. The van der Waals surface area contributed by atoms with Crippen LogP contribution in [0.3, 0.4) is 0 Å². The lowest BCUT2D eigenvalue weighted by atomic mass is 10.1. The number of nitro benzene ring substituents is 1. The maximum atomic E-state index is 12.0. The van der Waals surface area contributed by atoms with E-state index in [0.29, 0.717) is 0 Å². The number of amides is 3. The fourth-order valence-electron chi connectivity index (χ4n) is 1.89. The van der Waals surface area contributed by atoms with E-state index in [2.05, 4.69) is 10.6 Å². The number of para-hydroxylation sites is 1. The number of nitro groups is 1. The summed E-state index contributed by atoms with van der Waals surface area (Å²) >= 11 is 0. The van der Waals surface area contributed by atoms with Crippen molar-refractivity contribution < 1.29 is 19.3 Å². The van der Waals surface area contributed by atoms with Crippen LogP contribution in [0.4, 0.5) is 5.69 Å². The van der Waals surface area contributed by atoms with E-state index in [1.165, 1.54) is 24.3 Å². The van der Waals surface area contributed by atoms with E-state index >= 15 is 0 Å². The molecule has 8 nitrogen and oxygen atoms in total. The summed E-state index contributed by atoms with van der Waals surface area (Å²) in [6, 6.07) is 4.59. The second-order valence-corrected chi connectivity index (χ2v) is 4.25. The molecular weight excluding hydrogens is 266 g/mol. The first-order chi connectivity index (χ1) is 9.49. The van der Waals surface area contributed by atoms with Crippen molar-refractivity contribution in [2.24, 2.45) is 0 Å². The number of nitrogens with zero attached hydrogens (tertiary/aromatic N) is 1. The Morgan fingerprint density at radius 3 is 2.70 bits per heavy atom. The van der Waals surface area contributed by atoms with Crippen LogP contribution < -0.4 is 10.6 Å². The Hall–Kier alpha value is -2.77. The summed E-state index contributed by atoms with van der Waals surface area (Å²) in [6.45, 7) is 0. The molecule has 1 saturated heterocycles. The number of carbonyl (C=O) groups excluding carboxylic acids is 3. The molecular formula is C12H11N3O5. The van der Waals surface area contributed by atoms with Crippen molar-refractivity contribution in [3.63, 3.8) is 0 Å². The Morgan fingerprint density at radius 2 is 2.05 bits per heavy atom. The van der Waals surface area contributed by atoms with Crippen LogP contribution in [0.25, 0.3) is 0 Å². The highest BCUT2D eigenvalue weighted by Gasteiger charge is 2.29. The van der Waals surface area contributed by atoms with Gasteiger partial charge in [0, 0.05) is 12.5 Å². The molecule has 0 bridgehead atoms. The summed E-state index contributed by atoms with van der Waals surface area (Å²) in [5.74, 6) is -1.72. The van der Waals surface area contributed by atoms with E-state index in [4.69, 9.17) is 0 Å². The van der Waals surface area contributed by atoms with E-state index in [0.717, 1.165) is 0 Å². The molecule has 1 fully saturated rings. The number of imide groups is 1. The Morgan fingerprint density at radius 1 is 1.35 bits per heavy atom. The summed E-state index contributed by atoms with van der Waals surface area (Å²) in [6.07, 6.45) is 0.296. The molecule has 2 rings (SSSR count). The lowest BCUT2D eigenvalue weighted by molar-refractivity contribution is -0.385. The molecule has 3 amide bonds. The SMILES string of the molecule is O=C1CCC(NC(=O)c2ccccc2[N+](=O)[O-])C(=O)N1. The standard InChI is InChI=1S/C12H11N3O5/c16-10-6-5-8(12(18)14-10)13-11(17)7-3-1-2-4-9(7)15(19)20/h1-4,8H,5-6H2,(H,13,17)(H,14,16,18). The van der Waals surface area contributed by atoms with Gasteiger partial charge in [0.15, 0.2) is 0 Å². The first-order valence-electron chi connectivity index (χ1n) is 5.87. The van der Waals surface area contributed by atoms with Gasteiger partial charge in [0.2, 0.25) is 11.8 Å². The van der Waals surface area contributed by atoms with Gasteiger partial charge in [-0.25, -0.2) is 0 Å². The van der Waals surface area contributed by atoms with Crippen molar-refractivity contribution in [1.82, 2.24) is 10.6 Å². The van der Waals surface area contributed by atoms with Gasteiger partial charge in [0.05, 0.1) is 4.92 Å². The number of carbonyl (C=O) groups is 3. The molecule has 0 radical (unpaired) electrons. The largest absolute Gasteiger partial charge is 0.340 e. The van der Waals surface area contributed by atoms with Gasteiger partial charge < -0.3 is 5.32 Å². The molecule has 0 spiro atoms. The predicted octanol–water partition coefficient (Wildman–Crippen LogP) is 0.130. The minimum Gasteiger partial charge on any atom is -0.340 e. The zero-order chi connectivity index (χ0) is 14.7. The second-order valence-electron chi connectivity index (χ2n) is 4.25. The molecule has 104 valence electrons. The molecule has 1 unspecified atom stereocenters. The van der Waals surface area contributed by atoms with Gasteiger partial charge in [-0.05, 0) is 12.5 Å². The van der Waals surface area contributed by atoms with Crippen molar-refractivity contribution >= 4 is 23.4 Å². The van der Waals surface area contributed by atoms with Crippen molar-refractivity contribution in [2.75, 3.05) is 0 Å². The molecule has 1 aromatic carbocycles. The summed E-state index contributed by atoms with van der Waals surface area (Å²) < 4.78 is 0. The Labute approximate surface area is 113 Å². The van der Waals surface area contributed by atoms with Gasteiger partial charge in [-0.15, -0.1) is 0 Å². The van der Waals surface area contributed by atoms with Crippen LogP contribution in [0, 0.1) is 10.1 Å². The third-order valence-corrected chi connectivity index (χ3v) is 2.89. The van der Waals surface area contributed by atoms with Gasteiger partial charge >= 0.3 is 0 Å². The summed E-state index contributed by atoms with van der Waals surface area (Å²) in [5.41, 5.74) is -0.459. The molecule has 0 aliphatic carbocycles. The molecule has 2 N–H and O–H groups in total. The molecule has 8 heteroatoms. The number of rotatable bonds is 3. The minimum absolute atomic E-state index is 0.119. The first kappa shape index (κ1) is 13.7. The van der Waals surface area contributed by atoms with E-state index < -0.39 is 28.7 Å². The average molecular weight is 277 g/mol. The van der Waals surface area contributed by atoms with Crippen LogP contribution in [-0.2, 0) is 9.59 Å². The number of benzene rings is 1. The van der Waals surface area contributed by atoms with E-state index in [9.17, 15) is 24.5 Å². The molecule has 20 heavy (non-hydrogen) atoms. The van der Waals surface area contributed by atoms with Crippen LogP contribution in [0.15, 0.2) is 24.3 Å². The molecule has 1 aliphatic rings. The first-order valence-corrected chi connectivity index (χ1v) is 5.87. The molecule has 0 saturated carbocycles. The van der Waals surface area contributed by atoms with Crippen LogP contribution in [0.2, 0.25) is 0 Å². The quantitative estimate of drug-likeness (QED) is 0.462. The highest BCUT2D eigenvalue weighted by atomic mass is 16.6. The highest BCUT2D eigenvalue weighted by Crippen LogP contribution is 2.18. The lowest BCUT2D eigenvalue weighted by Gasteiger charge is -2.21. The minimum atomic E-state index is -0.861. The highest BCUT2D eigenvalue weighted by molar-refractivity contribution is 6.04. The molecule has 1 aliphatic heterocycles. The average Bonchev–Trinajstić information content (AvgIpc) is 2.41. The van der Waals surface area contributed by atoms with E-state index in [1.807, 2.05) is 0 Å². The topological polar surface area (TPSA) is 118 Å². The monoisotopic (exact) mass is 277 g/mol. The van der Waals surface area contributed by atoms with Crippen LogP contribution in [0.1, 0.15) is 23.2 Å². The molecule has 1 aromatic rings. The fourth-order valence-corrected chi connectivity index (χ4v) is 1.89. The third kappa shape index (κ3) is 2.79. The predicted molar refractivity (Wildman–Crippen MR) is 66.7 cm³/mol. The lowest BCUT2D eigenvalue weighted by Crippen LogP contribution is -2.52. The van der Waals surface area contributed by atoms with Crippen molar-refractivity contribution in [3.8, 4) is 0 Å². The molecule has 0 aromatic heterocycles. The fraction of sp³-hybridized carbons (Fsp3) is 0.250. The van der Waals surface area contributed by atoms with E-state index in [1.54, 1.807) is 0 Å². The van der Waals surface area contributed by atoms with Crippen LogP contribution in [-0.4, -0.2) is 28.7 Å². The smallest absolute Gasteiger partial charge is 0.282 e. The van der Waals surface area contributed by atoms with Gasteiger partial charge in [-0.3, -0.25) is 29.8 Å². The van der Waals surface area contributed by atoms with Crippen molar-refractivity contribution in [1.29, 1.82) is 0 Å². The zero-order valence-corrected chi connectivity index (χ0v) is 10.3. The summed E-state index contributed by atoms with van der Waals surface area (Å²) in [4.78, 5) is 44.6. The Balaban J connectivity index is 2.15. The normalized spacial score (nSPS) is 18.3. The van der Waals surface area contributed by atoms with Crippen molar-refractivity contribution in [2.45, 2.75) is 18.9 Å². The number of hydrogen-bond acceptors (Lipinski definition) is 5. The Kier molecular flexibility index (Phi) is 3.74. The van der Waals surface area contributed by atoms with Crippen LogP contribution in [0.5, 0.6) is 0 Å². The number of piperidine rings is 1. The molecule has 1 atom stereocenters. The maximum absolute atomic E-state index is 12.0. The van der Waals surface area contributed by atoms with Crippen molar-refractivity contribution in [3.05, 3.63) is 39.9 Å². The zero-order valence-electron chi connectivity index (χ0n) is 10.3. The van der Waals surface area contributed by atoms with E-state index in [-0.39, 0.29) is 24.1 Å². The van der Waals surface area contributed by atoms with Crippen LogP contribution >= 0.6 is 0 Å². The van der Waals surface area contributed by atoms with Gasteiger partial charge in [-0.1, -0.05) is 12.1 Å². The van der Waals surface area contributed by atoms with Gasteiger partial charge in [0.1, 0.15) is 11.6 Å². The summed E-state index contributed by atoms with van der Waals surface area (Å²) in [5, 5.41) is 15.3. The molecule has 1 heterocycles. The van der Waals surface area contributed by atoms with Gasteiger partial charge in [-0.2, -0.15) is 0 Å². The Bertz CT molecular complexity index is 599. The van der Waals surface area contributed by atoms with Gasteiger partial charge in [0.25, 0.3) is 11.6 Å². The second kappa shape index (κ2) is 5.47. The number of hydrogen-bond donors (Lipinski definition) is 2. The third-order valence-electron chi connectivity index (χ3n) is 2.89. The summed E-state index contributed by atoms with van der Waals surface area (Å²) in [7, 11) is 0.